The van der Waals surface area contributed by atoms with E-state index in [1.165, 1.54) is 11.3 Å². The van der Waals surface area contributed by atoms with E-state index in [0.29, 0.717) is 29.3 Å². The molecule has 1 amide bonds. The molecule has 7 heteroatoms. The second kappa shape index (κ2) is 8.71. The van der Waals surface area contributed by atoms with Gasteiger partial charge in [-0.3, -0.25) is 4.79 Å². The van der Waals surface area contributed by atoms with E-state index < -0.39 is 5.97 Å². The highest BCUT2D eigenvalue weighted by Gasteiger charge is 2.21. The Kier molecular flexibility index (Phi) is 6.63. The third-order valence-electron chi connectivity index (χ3n) is 4.12. The Morgan fingerprint density at radius 2 is 1.88 bits per heavy atom. The molecule has 0 saturated heterocycles. The minimum Gasteiger partial charge on any atom is -0.493 e. The first-order valence-electron chi connectivity index (χ1n) is 8.27. The number of carboxylic acid groups (broad SMARTS) is 1. The van der Waals surface area contributed by atoms with E-state index in [2.05, 4.69) is 5.32 Å². The standard InChI is InChI=1S/C19H23NO5S/c1-5-13-11(2)26-18(17(13)19(22)23)20-16(21)9-7-12-6-8-14(24-3)15(10-12)25-4/h6,8,10H,5,7,9H2,1-4H3,(H,20,21)(H,22,23). The van der Waals surface area contributed by atoms with Gasteiger partial charge in [-0.05, 0) is 43.0 Å². The van der Waals surface area contributed by atoms with Crippen molar-refractivity contribution in [3.05, 3.63) is 39.8 Å². The van der Waals surface area contributed by atoms with Crippen LogP contribution in [0.2, 0.25) is 0 Å². The molecule has 0 spiro atoms. The third kappa shape index (κ3) is 4.35. The molecular weight excluding hydrogens is 354 g/mol. The van der Waals surface area contributed by atoms with Crippen LogP contribution in [0, 0.1) is 6.92 Å². The van der Waals surface area contributed by atoms with E-state index in [4.69, 9.17) is 9.47 Å². The number of aryl methyl sites for hydroxylation is 2. The van der Waals surface area contributed by atoms with Gasteiger partial charge in [0.1, 0.15) is 5.00 Å². The Bertz CT molecular complexity index is 813. The number of carboxylic acids is 1. The van der Waals surface area contributed by atoms with Gasteiger partial charge in [0.2, 0.25) is 5.91 Å². The van der Waals surface area contributed by atoms with Gasteiger partial charge in [-0.25, -0.2) is 4.79 Å². The molecule has 2 aromatic rings. The molecule has 0 atom stereocenters. The molecule has 0 bridgehead atoms. The maximum atomic E-state index is 12.3. The lowest BCUT2D eigenvalue weighted by Gasteiger charge is -2.10. The first-order chi connectivity index (χ1) is 12.4. The molecule has 2 rings (SSSR count). The Hall–Kier alpha value is -2.54. The van der Waals surface area contributed by atoms with Crippen molar-refractivity contribution >= 4 is 28.2 Å². The predicted octanol–water partition coefficient (Wildman–Crippen LogP) is 3.91. The van der Waals surface area contributed by atoms with Crippen molar-refractivity contribution in [2.24, 2.45) is 0 Å². The molecule has 140 valence electrons. The average Bonchev–Trinajstić information content (AvgIpc) is 2.94. The molecule has 0 radical (unpaired) electrons. The second-order valence-corrected chi connectivity index (χ2v) is 6.96. The minimum atomic E-state index is -1.01. The summed E-state index contributed by atoms with van der Waals surface area (Å²) in [5.41, 5.74) is 1.92. The fraction of sp³-hybridized carbons (Fsp3) is 0.368. The monoisotopic (exact) mass is 377 g/mol. The summed E-state index contributed by atoms with van der Waals surface area (Å²) >= 11 is 1.31. The number of hydrogen-bond donors (Lipinski definition) is 2. The quantitative estimate of drug-likeness (QED) is 0.729. The van der Waals surface area contributed by atoms with Crippen molar-refractivity contribution < 1.29 is 24.2 Å². The number of ether oxygens (including phenoxy) is 2. The van der Waals surface area contributed by atoms with Crippen LogP contribution in [-0.4, -0.2) is 31.2 Å². The lowest BCUT2D eigenvalue weighted by atomic mass is 10.1. The highest BCUT2D eigenvalue weighted by atomic mass is 32.1. The second-order valence-electron chi connectivity index (χ2n) is 5.74. The summed E-state index contributed by atoms with van der Waals surface area (Å²) in [5.74, 6) is 0.0144. The number of amides is 1. The van der Waals surface area contributed by atoms with Crippen molar-refractivity contribution in [1.29, 1.82) is 0 Å². The molecule has 0 saturated carbocycles. The van der Waals surface area contributed by atoms with Gasteiger partial charge in [-0.2, -0.15) is 0 Å². The van der Waals surface area contributed by atoms with Crippen LogP contribution in [0.3, 0.4) is 0 Å². The van der Waals surface area contributed by atoms with Crippen LogP contribution < -0.4 is 14.8 Å². The molecule has 2 N–H and O–H groups in total. The fourth-order valence-corrected chi connectivity index (χ4v) is 3.96. The van der Waals surface area contributed by atoms with Gasteiger partial charge in [0.05, 0.1) is 19.8 Å². The smallest absolute Gasteiger partial charge is 0.339 e. The SMILES string of the molecule is CCc1c(C)sc(NC(=O)CCc2ccc(OC)c(OC)c2)c1C(=O)O. The predicted molar refractivity (Wildman–Crippen MR) is 102 cm³/mol. The summed E-state index contributed by atoms with van der Waals surface area (Å²) in [7, 11) is 3.13. The Morgan fingerprint density at radius 1 is 1.19 bits per heavy atom. The lowest BCUT2D eigenvalue weighted by molar-refractivity contribution is -0.116. The minimum absolute atomic E-state index is 0.203. The molecule has 0 aliphatic rings. The topological polar surface area (TPSA) is 84.9 Å². The first kappa shape index (κ1) is 19.8. The number of methoxy groups -OCH3 is 2. The van der Waals surface area contributed by atoms with Gasteiger partial charge >= 0.3 is 5.97 Å². The number of benzene rings is 1. The largest absolute Gasteiger partial charge is 0.493 e. The summed E-state index contributed by atoms with van der Waals surface area (Å²) in [4.78, 5) is 24.7. The van der Waals surface area contributed by atoms with E-state index in [1.54, 1.807) is 20.3 Å². The third-order valence-corrected chi connectivity index (χ3v) is 5.18. The van der Waals surface area contributed by atoms with Crippen molar-refractivity contribution in [2.75, 3.05) is 19.5 Å². The highest BCUT2D eigenvalue weighted by Crippen LogP contribution is 2.33. The fourth-order valence-electron chi connectivity index (χ4n) is 2.80. The van der Waals surface area contributed by atoms with Crippen molar-refractivity contribution in [3.63, 3.8) is 0 Å². The summed E-state index contributed by atoms with van der Waals surface area (Å²) in [6, 6.07) is 5.51. The van der Waals surface area contributed by atoms with E-state index in [1.807, 2.05) is 26.0 Å². The maximum absolute atomic E-state index is 12.3. The van der Waals surface area contributed by atoms with Gasteiger partial charge in [0, 0.05) is 11.3 Å². The zero-order valence-corrected chi connectivity index (χ0v) is 16.2. The normalized spacial score (nSPS) is 10.5. The Labute approximate surface area is 156 Å². The van der Waals surface area contributed by atoms with Crippen LogP contribution in [-0.2, 0) is 17.6 Å². The molecule has 1 aromatic heterocycles. The molecule has 0 unspecified atom stereocenters. The molecule has 26 heavy (non-hydrogen) atoms. The molecule has 6 nitrogen and oxygen atoms in total. The number of aromatic carboxylic acids is 1. The molecule has 0 aliphatic heterocycles. The Morgan fingerprint density at radius 3 is 2.46 bits per heavy atom. The van der Waals surface area contributed by atoms with Crippen molar-refractivity contribution in [2.45, 2.75) is 33.1 Å². The van der Waals surface area contributed by atoms with E-state index in [-0.39, 0.29) is 17.9 Å². The van der Waals surface area contributed by atoms with E-state index in [0.717, 1.165) is 16.0 Å². The number of rotatable bonds is 8. The summed E-state index contributed by atoms with van der Waals surface area (Å²) in [6.07, 6.45) is 1.37. The van der Waals surface area contributed by atoms with E-state index >= 15 is 0 Å². The number of carbonyl (C=O) groups excluding carboxylic acids is 1. The van der Waals surface area contributed by atoms with Crippen LogP contribution in [0.5, 0.6) is 11.5 Å². The Balaban J connectivity index is 2.07. The molecule has 1 aromatic carbocycles. The molecule has 0 aliphatic carbocycles. The van der Waals surface area contributed by atoms with Gasteiger partial charge in [-0.15, -0.1) is 11.3 Å². The summed E-state index contributed by atoms with van der Waals surface area (Å²) < 4.78 is 10.5. The van der Waals surface area contributed by atoms with Gasteiger partial charge in [-0.1, -0.05) is 13.0 Å². The molecule has 0 fully saturated rings. The van der Waals surface area contributed by atoms with Crippen molar-refractivity contribution in [1.82, 2.24) is 0 Å². The lowest BCUT2D eigenvalue weighted by Crippen LogP contribution is -2.14. The average molecular weight is 377 g/mol. The highest BCUT2D eigenvalue weighted by molar-refractivity contribution is 7.16. The van der Waals surface area contributed by atoms with Gasteiger partial charge in [0.25, 0.3) is 0 Å². The number of carbonyl (C=O) groups is 2. The van der Waals surface area contributed by atoms with Crippen molar-refractivity contribution in [3.8, 4) is 11.5 Å². The van der Waals surface area contributed by atoms with Gasteiger partial charge < -0.3 is 19.9 Å². The van der Waals surface area contributed by atoms with E-state index in [9.17, 15) is 14.7 Å². The van der Waals surface area contributed by atoms with Crippen LogP contribution in [0.1, 0.15) is 39.7 Å². The number of anilines is 1. The van der Waals surface area contributed by atoms with Crippen LogP contribution >= 0.6 is 11.3 Å². The first-order valence-corrected chi connectivity index (χ1v) is 9.09. The van der Waals surface area contributed by atoms with Crippen LogP contribution in [0.25, 0.3) is 0 Å². The van der Waals surface area contributed by atoms with Crippen LogP contribution in [0.4, 0.5) is 5.00 Å². The summed E-state index contributed by atoms with van der Waals surface area (Å²) in [5, 5.41) is 12.6. The zero-order chi connectivity index (χ0) is 19.3. The summed E-state index contributed by atoms with van der Waals surface area (Å²) in [6.45, 7) is 3.78. The zero-order valence-electron chi connectivity index (χ0n) is 15.3. The molecular formula is C19H23NO5S. The number of nitrogens with one attached hydrogen (secondary N) is 1. The maximum Gasteiger partial charge on any atom is 0.339 e. The number of thiophene rings is 1. The van der Waals surface area contributed by atoms with Gasteiger partial charge in [0.15, 0.2) is 11.5 Å². The molecule has 1 heterocycles. The number of hydrogen-bond acceptors (Lipinski definition) is 5. The van der Waals surface area contributed by atoms with Crippen LogP contribution in [0.15, 0.2) is 18.2 Å².